The van der Waals surface area contributed by atoms with E-state index in [0.29, 0.717) is 11.4 Å². The van der Waals surface area contributed by atoms with E-state index in [2.05, 4.69) is 4.98 Å². The molecular weight excluding hydrogens is 262 g/mol. The van der Waals surface area contributed by atoms with Crippen molar-refractivity contribution in [3.8, 4) is 0 Å². The monoisotopic (exact) mass is 281 g/mol. The Hall–Kier alpha value is -2.18. The van der Waals surface area contributed by atoms with E-state index in [0.717, 1.165) is 5.56 Å². The van der Waals surface area contributed by atoms with Crippen molar-refractivity contribution in [1.29, 1.82) is 0 Å². The van der Waals surface area contributed by atoms with Gasteiger partial charge in [0, 0.05) is 24.4 Å². The molecule has 20 heavy (non-hydrogen) atoms. The fraction of sp³-hybridized carbons (Fsp3) is 0.538. The summed E-state index contributed by atoms with van der Waals surface area (Å²) in [6.45, 7) is 5.15. The van der Waals surface area contributed by atoms with Crippen LogP contribution in [0.3, 0.4) is 0 Å². The maximum atomic E-state index is 11.8. The third-order valence-corrected chi connectivity index (χ3v) is 3.29. The summed E-state index contributed by atoms with van der Waals surface area (Å²) in [5, 5.41) is 8.98. The Morgan fingerprint density at radius 2 is 2.00 bits per heavy atom. The predicted molar refractivity (Wildman–Crippen MR) is 72.3 cm³/mol. The van der Waals surface area contributed by atoms with Crippen molar-refractivity contribution >= 4 is 11.9 Å². The Morgan fingerprint density at radius 3 is 2.50 bits per heavy atom. The molecule has 1 aromatic heterocycles. The van der Waals surface area contributed by atoms with Gasteiger partial charge in [-0.1, -0.05) is 6.92 Å². The number of carboxylic acids is 1. The number of hydrogen-bond acceptors (Lipinski definition) is 4. The zero-order valence-electron chi connectivity index (χ0n) is 11.8. The van der Waals surface area contributed by atoms with Crippen LogP contribution in [0.2, 0.25) is 0 Å². The van der Waals surface area contributed by atoms with Crippen LogP contribution in [0, 0.1) is 19.8 Å². The number of carbonyl (C=O) groups is 2. The molecule has 0 saturated carbocycles. The maximum absolute atomic E-state index is 11.8. The first-order chi connectivity index (χ1) is 9.23. The van der Waals surface area contributed by atoms with Crippen molar-refractivity contribution in [1.82, 2.24) is 9.55 Å². The van der Waals surface area contributed by atoms with Crippen LogP contribution >= 0.6 is 0 Å². The Bertz CT molecular complexity index is 592. The molecule has 0 aliphatic heterocycles. The SMILES string of the molecule is Cc1nc(=O)n(CCC(N)=O)c(C)c1CC(C)C(=O)O. The van der Waals surface area contributed by atoms with Crippen LogP contribution in [0.5, 0.6) is 0 Å². The number of aliphatic carboxylic acids is 1. The third-order valence-electron chi connectivity index (χ3n) is 3.29. The molecule has 110 valence electrons. The number of aryl methyl sites for hydroxylation is 1. The lowest BCUT2D eigenvalue weighted by molar-refractivity contribution is -0.141. The van der Waals surface area contributed by atoms with Crippen LogP contribution in [0.1, 0.15) is 30.3 Å². The molecule has 7 heteroatoms. The molecule has 1 aromatic rings. The van der Waals surface area contributed by atoms with Crippen molar-refractivity contribution in [3.63, 3.8) is 0 Å². The van der Waals surface area contributed by atoms with Crippen LogP contribution in [0.4, 0.5) is 0 Å². The van der Waals surface area contributed by atoms with E-state index in [1.54, 1.807) is 20.8 Å². The van der Waals surface area contributed by atoms with Gasteiger partial charge in [-0.15, -0.1) is 0 Å². The Labute approximate surface area is 116 Å². The van der Waals surface area contributed by atoms with Gasteiger partial charge >= 0.3 is 11.7 Å². The van der Waals surface area contributed by atoms with Crippen LogP contribution in [-0.2, 0) is 22.6 Å². The summed E-state index contributed by atoms with van der Waals surface area (Å²) in [6.07, 6.45) is 0.330. The lowest BCUT2D eigenvalue weighted by atomic mass is 9.99. The second kappa shape index (κ2) is 6.31. The van der Waals surface area contributed by atoms with Gasteiger partial charge in [0.15, 0.2) is 0 Å². The molecule has 1 unspecified atom stereocenters. The van der Waals surface area contributed by atoms with Gasteiger partial charge in [0.1, 0.15) is 0 Å². The zero-order chi connectivity index (χ0) is 15.4. The van der Waals surface area contributed by atoms with Gasteiger partial charge in [0.2, 0.25) is 5.91 Å². The minimum atomic E-state index is -0.904. The number of carbonyl (C=O) groups excluding carboxylic acids is 1. The molecule has 7 nitrogen and oxygen atoms in total. The van der Waals surface area contributed by atoms with Crippen LogP contribution in [0.25, 0.3) is 0 Å². The summed E-state index contributed by atoms with van der Waals surface area (Å²) in [5.74, 6) is -1.98. The van der Waals surface area contributed by atoms with Crippen LogP contribution in [0.15, 0.2) is 4.79 Å². The normalized spacial score (nSPS) is 12.2. The van der Waals surface area contributed by atoms with Crippen LogP contribution < -0.4 is 11.4 Å². The number of carboxylic acid groups (broad SMARTS) is 1. The van der Waals surface area contributed by atoms with Gasteiger partial charge in [0.05, 0.1) is 5.92 Å². The molecule has 3 N–H and O–H groups in total. The van der Waals surface area contributed by atoms with Crippen LogP contribution in [-0.4, -0.2) is 26.5 Å². The van der Waals surface area contributed by atoms with Crippen molar-refractivity contribution < 1.29 is 14.7 Å². The Balaban J connectivity index is 3.18. The van der Waals surface area contributed by atoms with Gasteiger partial charge in [0.25, 0.3) is 0 Å². The number of amides is 1. The van der Waals surface area contributed by atoms with Gasteiger partial charge in [-0.2, -0.15) is 4.98 Å². The number of hydrogen-bond donors (Lipinski definition) is 2. The molecule has 0 radical (unpaired) electrons. The number of nitrogens with zero attached hydrogens (tertiary/aromatic N) is 2. The van der Waals surface area contributed by atoms with Crippen molar-refractivity contribution in [2.24, 2.45) is 11.7 Å². The highest BCUT2D eigenvalue weighted by Crippen LogP contribution is 2.15. The molecule has 1 amide bonds. The first-order valence-corrected chi connectivity index (χ1v) is 6.32. The second-order valence-electron chi connectivity index (χ2n) is 4.86. The smallest absolute Gasteiger partial charge is 0.347 e. The highest BCUT2D eigenvalue weighted by molar-refractivity contribution is 5.73. The number of primary amides is 1. The molecule has 0 saturated heterocycles. The Morgan fingerprint density at radius 1 is 1.40 bits per heavy atom. The number of nitrogens with two attached hydrogens (primary N) is 1. The minimum absolute atomic E-state index is 0.0411. The van der Waals surface area contributed by atoms with E-state index in [1.165, 1.54) is 4.57 Å². The summed E-state index contributed by atoms with van der Waals surface area (Å²) in [6, 6.07) is 0. The average molecular weight is 281 g/mol. The highest BCUT2D eigenvalue weighted by atomic mass is 16.4. The summed E-state index contributed by atoms with van der Waals surface area (Å²) in [4.78, 5) is 37.5. The summed E-state index contributed by atoms with van der Waals surface area (Å²) < 4.78 is 1.36. The van der Waals surface area contributed by atoms with Crippen molar-refractivity contribution in [3.05, 3.63) is 27.4 Å². The predicted octanol–water partition coefficient (Wildman–Crippen LogP) is -0.00126. The summed E-state index contributed by atoms with van der Waals surface area (Å²) >= 11 is 0. The number of aromatic nitrogens is 2. The molecule has 0 fully saturated rings. The molecule has 1 rings (SSSR count). The molecular formula is C13H19N3O4. The van der Waals surface area contributed by atoms with E-state index >= 15 is 0 Å². The average Bonchev–Trinajstić information content (AvgIpc) is 2.33. The van der Waals surface area contributed by atoms with E-state index in [-0.39, 0.29) is 19.4 Å². The molecule has 0 aliphatic rings. The maximum Gasteiger partial charge on any atom is 0.347 e. The number of rotatable bonds is 6. The molecule has 0 bridgehead atoms. The van der Waals surface area contributed by atoms with E-state index in [9.17, 15) is 14.4 Å². The molecule has 0 spiro atoms. The highest BCUT2D eigenvalue weighted by Gasteiger charge is 2.18. The molecule has 1 heterocycles. The first-order valence-electron chi connectivity index (χ1n) is 6.32. The summed E-state index contributed by atoms with van der Waals surface area (Å²) in [7, 11) is 0. The van der Waals surface area contributed by atoms with E-state index in [4.69, 9.17) is 10.8 Å². The van der Waals surface area contributed by atoms with Gasteiger partial charge in [-0.25, -0.2) is 4.79 Å². The molecule has 0 aliphatic carbocycles. The third kappa shape index (κ3) is 3.66. The first kappa shape index (κ1) is 15.9. The quantitative estimate of drug-likeness (QED) is 0.761. The minimum Gasteiger partial charge on any atom is -0.481 e. The fourth-order valence-electron chi connectivity index (χ4n) is 2.01. The van der Waals surface area contributed by atoms with Gasteiger partial charge in [-0.3, -0.25) is 14.2 Å². The fourth-order valence-corrected chi connectivity index (χ4v) is 2.01. The summed E-state index contributed by atoms with van der Waals surface area (Å²) in [5.41, 5.74) is 6.51. The Kier molecular flexibility index (Phi) is 5.01. The van der Waals surface area contributed by atoms with E-state index in [1.807, 2.05) is 0 Å². The molecule has 1 atom stereocenters. The zero-order valence-corrected chi connectivity index (χ0v) is 11.8. The van der Waals surface area contributed by atoms with Crippen molar-refractivity contribution in [2.75, 3.05) is 0 Å². The second-order valence-corrected chi connectivity index (χ2v) is 4.86. The standard InChI is InChI=1S/C13H19N3O4/c1-7(12(18)19)6-10-8(2)15-13(20)16(9(10)3)5-4-11(14)17/h7H,4-6H2,1-3H3,(H2,14,17)(H,18,19). The largest absolute Gasteiger partial charge is 0.481 e. The lowest BCUT2D eigenvalue weighted by Gasteiger charge is -2.16. The lowest BCUT2D eigenvalue weighted by Crippen LogP contribution is -2.30. The van der Waals surface area contributed by atoms with Gasteiger partial charge < -0.3 is 10.8 Å². The van der Waals surface area contributed by atoms with E-state index < -0.39 is 23.5 Å². The van der Waals surface area contributed by atoms with Crippen molar-refractivity contribution in [2.45, 2.75) is 40.2 Å². The topological polar surface area (TPSA) is 115 Å². The molecule has 0 aromatic carbocycles. The van der Waals surface area contributed by atoms with Gasteiger partial charge in [-0.05, 0) is 25.8 Å².